The van der Waals surface area contributed by atoms with E-state index in [9.17, 15) is 4.21 Å². The van der Waals surface area contributed by atoms with E-state index in [0.717, 1.165) is 5.56 Å². The molecule has 1 unspecified atom stereocenters. The molecule has 2 rings (SSSR count). The summed E-state index contributed by atoms with van der Waals surface area (Å²) in [6.45, 7) is 5.42. The largest absolute Gasteiger partial charge is 0.348 e. The Kier molecular flexibility index (Phi) is 4.50. The van der Waals surface area contributed by atoms with Crippen LogP contribution in [0.5, 0.6) is 0 Å². The Balaban J connectivity index is 1.79. The van der Waals surface area contributed by atoms with Crippen molar-refractivity contribution < 1.29 is 17.9 Å². The first-order valence-electron chi connectivity index (χ1n) is 5.99. The van der Waals surface area contributed by atoms with Crippen LogP contribution in [-0.2, 0) is 24.7 Å². The first-order chi connectivity index (χ1) is 8.59. The zero-order valence-corrected chi connectivity index (χ0v) is 11.5. The van der Waals surface area contributed by atoms with Crippen LogP contribution >= 0.6 is 0 Å². The van der Waals surface area contributed by atoms with Gasteiger partial charge in [0.05, 0.1) is 24.7 Å². The standard InChI is InChI=1S/C13H18O4S/c1-11-3-5-12(6-4-11)18(14)17-8-7-13(2)15-9-10-16-13/h3-6H,7-10H2,1-2H3. The second kappa shape index (κ2) is 5.93. The predicted octanol–water partition coefficient (Wildman–Crippen LogP) is 2.19. The average Bonchev–Trinajstić information content (AvgIpc) is 2.77. The molecule has 1 heterocycles. The first-order valence-corrected chi connectivity index (χ1v) is 7.06. The van der Waals surface area contributed by atoms with Gasteiger partial charge in [-0.05, 0) is 26.0 Å². The van der Waals surface area contributed by atoms with Crippen molar-refractivity contribution in [1.29, 1.82) is 0 Å². The van der Waals surface area contributed by atoms with Crippen LogP contribution in [0.1, 0.15) is 18.9 Å². The molecule has 1 aromatic rings. The van der Waals surface area contributed by atoms with Crippen LogP contribution in [0.3, 0.4) is 0 Å². The van der Waals surface area contributed by atoms with Gasteiger partial charge in [-0.25, -0.2) is 4.21 Å². The summed E-state index contributed by atoms with van der Waals surface area (Å²) < 4.78 is 28.0. The maximum atomic E-state index is 11.8. The molecule has 0 aromatic heterocycles. The van der Waals surface area contributed by atoms with E-state index in [-0.39, 0.29) is 0 Å². The third-order valence-corrected chi connectivity index (χ3v) is 3.90. The lowest BCUT2D eigenvalue weighted by Gasteiger charge is -2.21. The van der Waals surface area contributed by atoms with Gasteiger partial charge in [-0.15, -0.1) is 0 Å². The van der Waals surface area contributed by atoms with Crippen molar-refractivity contribution >= 4 is 11.1 Å². The molecular weight excluding hydrogens is 252 g/mol. The van der Waals surface area contributed by atoms with Crippen LogP contribution in [0.2, 0.25) is 0 Å². The quantitative estimate of drug-likeness (QED) is 0.822. The van der Waals surface area contributed by atoms with Gasteiger partial charge in [-0.3, -0.25) is 4.18 Å². The second-order valence-corrected chi connectivity index (χ2v) is 5.63. The summed E-state index contributed by atoms with van der Waals surface area (Å²) >= 11 is -1.42. The Morgan fingerprint density at radius 1 is 1.28 bits per heavy atom. The third-order valence-electron chi connectivity index (χ3n) is 2.86. The van der Waals surface area contributed by atoms with E-state index in [1.807, 2.05) is 38.1 Å². The summed E-state index contributed by atoms with van der Waals surface area (Å²) in [7, 11) is 0. The van der Waals surface area contributed by atoms with E-state index in [4.69, 9.17) is 13.7 Å². The smallest absolute Gasteiger partial charge is 0.189 e. The van der Waals surface area contributed by atoms with Crippen molar-refractivity contribution in [3.63, 3.8) is 0 Å². The Morgan fingerprint density at radius 2 is 1.89 bits per heavy atom. The fourth-order valence-electron chi connectivity index (χ4n) is 1.72. The highest BCUT2D eigenvalue weighted by molar-refractivity contribution is 7.80. The lowest BCUT2D eigenvalue weighted by molar-refractivity contribution is -0.150. The lowest BCUT2D eigenvalue weighted by atomic mass is 10.2. The predicted molar refractivity (Wildman–Crippen MR) is 68.5 cm³/mol. The summed E-state index contributed by atoms with van der Waals surface area (Å²) in [5, 5.41) is 0. The molecule has 1 fully saturated rings. The molecule has 5 heteroatoms. The number of ether oxygens (including phenoxy) is 2. The highest BCUT2D eigenvalue weighted by Crippen LogP contribution is 2.22. The molecule has 1 saturated heterocycles. The van der Waals surface area contributed by atoms with Gasteiger partial charge in [0, 0.05) is 6.42 Å². The molecule has 0 radical (unpaired) electrons. The number of rotatable bonds is 5. The van der Waals surface area contributed by atoms with E-state index in [1.54, 1.807) is 0 Å². The molecule has 0 amide bonds. The topological polar surface area (TPSA) is 44.8 Å². The molecule has 0 saturated carbocycles. The molecule has 4 nitrogen and oxygen atoms in total. The van der Waals surface area contributed by atoms with Gasteiger partial charge in [0.15, 0.2) is 16.9 Å². The normalized spacial score (nSPS) is 19.9. The maximum Gasteiger partial charge on any atom is 0.189 e. The Bertz CT molecular complexity index is 410. The van der Waals surface area contributed by atoms with E-state index >= 15 is 0 Å². The zero-order chi connectivity index (χ0) is 13.0. The van der Waals surface area contributed by atoms with Gasteiger partial charge in [-0.1, -0.05) is 17.7 Å². The number of aryl methyl sites for hydroxylation is 1. The average molecular weight is 270 g/mol. The van der Waals surface area contributed by atoms with E-state index in [2.05, 4.69) is 0 Å². The fourth-order valence-corrected chi connectivity index (χ4v) is 2.45. The monoisotopic (exact) mass is 270 g/mol. The third kappa shape index (κ3) is 3.62. The number of benzene rings is 1. The van der Waals surface area contributed by atoms with Crippen molar-refractivity contribution in [2.24, 2.45) is 0 Å². The highest BCUT2D eigenvalue weighted by atomic mass is 32.2. The summed E-state index contributed by atoms with van der Waals surface area (Å²) in [5.41, 5.74) is 1.14. The highest BCUT2D eigenvalue weighted by Gasteiger charge is 2.30. The van der Waals surface area contributed by atoms with Gasteiger partial charge >= 0.3 is 0 Å². The molecular formula is C13H18O4S. The minimum absolute atomic E-state index is 0.344. The minimum atomic E-state index is -1.42. The lowest BCUT2D eigenvalue weighted by Crippen LogP contribution is -2.27. The summed E-state index contributed by atoms with van der Waals surface area (Å²) in [6.07, 6.45) is 0.574. The molecule has 0 spiro atoms. The van der Waals surface area contributed by atoms with Crippen molar-refractivity contribution in [2.75, 3.05) is 19.8 Å². The molecule has 18 heavy (non-hydrogen) atoms. The maximum absolute atomic E-state index is 11.8. The molecule has 100 valence electrons. The molecule has 0 N–H and O–H groups in total. The zero-order valence-electron chi connectivity index (χ0n) is 10.7. The van der Waals surface area contributed by atoms with Crippen LogP contribution in [0.15, 0.2) is 29.2 Å². The van der Waals surface area contributed by atoms with Crippen LogP contribution in [0, 0.1) is 6.92 Å². The Labute approximate surface area is 110 Å². The first kappa shape index (κ1) is 13.7. The molecule has 1 atom stereocenters. The Hall–Kier alpha value is -0.750. The second-order valence-electron chi connectivity index (χ2n) is 4.45. The number of hydrogen-bond acceptors (Lipinski definition) is 4. The van der Waals surface area contributed by atoms with Crippen LogP contribution in [-0.4, -0.2) is 29.8 Å². The van der Waals surface area contributed by atoms with Crippen LogP contribution in [0.25, 0.3) is 0 Å². The van der Waals surface area contributed by atoms with E-state index in [0.29, 0.717) is 31.1 Å². The number of hydrogen-bond donors (Lipinski definition) is 0. The van der Waals surface area contributed by atoms with E-state index < -0.39 is 16.9 Å². The van der Waals surface area contributed by atoms with Gasteiger partial charge in [0.1, 0.15) is 0 Å². The summed E-state index contributed by atoms with van der Waals surface area (Å²) in [5.74, 6) is -0.586. The molecule has 1 aliphatic heterocycles. The summed E-state index contributed by atoms with van der Waals surface area (Å²) in [6, 6.07) is 7.47. The van der Waals surface area contributed by atoms with Crippen molar-refractivity contribution in [3.8, 4) is 0 Å². The van der Waals surface area contributed by atoms with Crippen molar-refractivity contribution in [1.82, 2.24) is 0 Å². The molecule has 1 aromatic carbocycles. The summed E-state index contributed by atoms with van der Waals surface area (Å²) in [4.78, 5) is 0.680. The van der Waals surface area contributed by atoms with Gasteiger partial charge < -0.3 is 9.47 Å². The van der Waals surface area contributed by atoms with Crippen molar-refractivity contribution in [3.05, 3.63) is 29.8 Å². The molecule has 1 aliphatic rings. The Morgan fingerprint density at radius 3 is 2.50 bits per heavy atom. The van der Waals surface area contributed by atoms with Crippen LogP contribution in [0.4, 0.5) is 0 Å². The molecule has 0 bridgehead atoms. The molecule has 0 aliphatic carbocycles. The van der Waals surface area contributed by atoms with Gasteiger partial charge in [0.25, 0.3) is 0 Å². The van der Waals surface area contributed by atoms with Gasteiger partial charge in [0.2, 0.25) is 0 Å². The fraction of sp³-hybridized carbons (Fsp3) is 0.538. The van der Waals surface area contributed by atoms with Crippen molar-refractivity contribution in [2.45, 2.75) is 31.0 Å². The van der Waals surface area contributed by atoms with Crippen LogP contribution < -0.4 is 0 Å². The minimum Gasteiger partial charge on any atom is -0.348 e. The van der Waals surface area contributed by atoms with Gasteiger partial charge in [-0.2, -0.15) is 0 Å². The SMILES string of the molecule is Cc1ccc(S(=O)OCCC2(C)OCCO2)cc1. The van der Waals surface area contributed by atoms with E-state index in [1.165, 1.54) is 0 Å².